The van der Waals surface area contributed by atoms with Crippen molar-refractivity contribution < 1.29 is 48.9 Å². The molecular weight excluding hydrogens is 496 g/mol. The van der Waals surface area contributed by atoms with Crippen LogP contribution in [-0.2, 0) is 15.9 Å². The molecule has 4 rings (SSSR count). The third-order valence-electron chi connectivity index (χ3n) is 6.80. The summed E-state index contributed by atoms with van der Waals surface area (Å²) in [6, 6.07) is 8.13. The molecule has 2 aromatic carbocycles. The predicted octanol–water partition coefficient (Wildman–Crippen LogP) is 2.23. The van der Waals surface area contributed by atoms with Gasteiger partial charge in [-0.25, -0.2) is 0 Å². The zero-order valence-electron chi connectivity index (χ0n) is 21.8. The molecule has 2 aliphatic heterocycles. The highest BCUT2D eigenvalue weighted by molar-refractivity contribution is 6.11. The van der Waals surface area contributed by atoms with Crippen LogP contribution in [0.5, 0.6) is 23.0 Å². The van der Waals surface area contributed by atoms with E-state index in [0.29, 0.717) is 35.5 Å². The number of ether oxygens (including phenoxy) is 5. The molecule has 0 radical (unpaired) electrons. The normalized spacial score (nSPS) is 26.4. The summed E-state index contributed by atoms with van der Waals surface area (Å²) < 4.78 is 27.9. The first-order valence-corrected chi connectivity index (χ1v) is 12.3. The van der Waals surface area contributed by atoms with Crippen molar-refractivity contribution in [2.45, 2.75) is 63.0 Å². The number of allylic oxidation sites excluding steroid dienone is 1. The van der Waals surface area contributed by atoms with E-state index in [1.54, 1.807) is 30.3 Å². The minimum Gasteiger partial charge on any atom is -0.507 e. The summed E-state index contributed by atoms with van der Waals surface area (Å²) in [7, 11) is 2.77. The second-order valence-electron chi connectivity index (χ2n) is 9.93. The molecule has 2 aliphatic rings. The first kappa shape index (κ1) is 27.9. The number of carbonyl (C=O) groups is 1. The van der Waals surface area contributed by atoms with Crippen LogP contribution in [0.15, 0.2) is 36.4 Å². The number of fused-ring (bicyclic) bond motifs is 1. The summed E-state index contributed by atoms with van der Waals surface area (Å²) in [5.41, 5.74) is 1.04. The van der Waals surface area contributed by atoms with Gasteiger partial charge in [-0.2, -0.15) is 0 Å². The number of aromatic hydroxyl groups is 1. The molecule has 4 N–H and O–H groups in total. The monoisotopic (exact) mass is 530 g/mol. The second kappa shape index (κ2) is 11.3. The number of phenolic OH excluding ortho intramolecular Hbond substituents is 1. The lowest BCUT2D eigenvalue weighted by molar-refractivity contribution is -0.281. The lowest BCUT2D eigenvalue weighted by atomic mass is 9.90. The number of methoxy groups -OCH3 is 2. The third kappa shape index (κ3) is 5.64. The van der Waals surface area contributed by atoms with Crippen LogP contribution in [0, 0.1) is 0 Å². The van der Waals surface area contributed by atoms with Crippen molar-refractivity contribution in [3.63, 3.8) is 0 Å². The molecule has 0 amide bonds. The van der Waals surface area contributed by atoms with E-state index in [-0.39, 0.29) is 22.8 Å². The summed E-state index contributed by atoms with van der Waals surface area (Å²) in [6.45, 7) is 3.39. The number of benzene rings is 2. The fourth-order valence-electron chi connectivity index (χ4n) is 4.64. The Morgan fingerprint density at radius 3 is 2.50 bits per heavy atom. The fourth-order valence-corrected chi connectivity index (χ4v) is 4.64. The smallest absolute Gasteiger partial charge is 0.229 e. The first-order valence-electron chi connectivity index (χ1n) is 12.3. The van der Waals surface area contributed by atoms with Crippen LogP contribution in [0.4, 0.5) is 0 Å². The predicted molar refractivity (Wildman–Crippen MR) is 137 cm³/mol. The summed E-state index contributed by atoms with van der Waals surface area (Å²) in [5, 5.41) is 40.5. The molecule has 2 aromatic rings. The molecule has 1 saturated heterocycles. The van der Waals surface area contributed by atoms with Crippen molar-refractivity contribution in [3.05, 3.63) is 53.1 Å². The molecular formula is C28H34O10. The van der Waals surface area contributed by atoms with Crippen molar-refractivity contribution in [1.29, 1.82) is 0 Å². The van der Waals surface area contributed by atoms with Crippen LogP contribution in [0.1, 0.15) is 41.8 Å². The number of hydrogen-bond donors (Lipinski definition) is 4. The number of carbonyl (C=O) groups excluding carboxylic acids is 1. The molecule has 1 unspecified atom stereocenters. The van der Waals surface area contributed by atoms with Crippen molar-refractivity contribution in [2.75, 3.05) is 20.8 Å². The Morgan fingerprint density at radius 1 is 1.16 bits per heavy atom. The summed E-state index contributed by atoms with van der Waals surface area (Å²) in [4.78, 5) is 13.3. The topological polar surface area (TPSA) is 144 Å². The van der Waals surface area contributed by atoms with Crippen molar-refractivity contribution in [2.24, 2.45) is 0 Å². The maximum Gasteiger partial charge on any atom is 0.229 e. The zero-order valence-corrected chi connectivity index (χ0v) is 21.8. The fraction of sp³-hybridized carbons (Fsp3) is 0.464. The Hall–Kier alpha value is -3.15. The second-order valence-corrected chi connectivity index (χ2v) is 9.93. The standard InChI is InChI=1S/C28H34O10/c1-28(2)12-11-17-19(31)13-20(34-3)22(25(17)38-28)18(30)10-7-15-5-8-16(9-6-15)36-27-24(33)26(35-4)23(32)21(14-29)37-27/h5-10,13,21,23-24,26-27,29,31-33H,11-12,14H2,1-4H3/b10-7+/t21-,23-,24-,26+,27?/m1/s1. The van der Waals surface area contributed by atoms with Gasteiger partial charge in [-0.1, -0.05) is 18.2 Å². The van der Waals surface area contributed by atoms with Gasteiger partial charge in [0.15, 0.2) is 5.78 Å². The van der Waals surface area contributed by atoms with Crippen molar-refractivity contribution in [3.8, 4) is 23.0 Å². The number of aliphatic hydroxyl groups excluding tert-OH is 3. The lowest BCUT2D eigenvalue weighted by Gasteiger charge is -2.41. The van der Waals surface area contributed by atoms with Crippen LogP contribution >= 0.6 is 0 Å². The lowest BCUT2D eigenvalue weighted by Crippen LogP contribution is -2.60. The van der Waals surface area contributed by atoms with Gasteiger partial charge in [-0.15, -0.1) is 0 Å². The van der Waals surface area contributed by atoms with Gasteiger partial charge in [0.25, 0.3) is 0 Å². The van der Waals surface area contributed by atoms with Crippen LogP contribution in [0.3, 0.4) is 0 Å². The Labute approximate surface area is 221 Å². The Balaban J connectivity index is 1.50. The van der Waals surface area contributed by atoms with Gasteiger partial charge in [0.2, 0.25) is 6.29 Å². The number of aliphatic hydroxyl groups is 3. The third-order valence-corrected chi connectivity index (χ3v) is 6.80. The minimum atomic E-state index is -1.28. The van der Waals surface area contributed by atoms with E-state index in [9.17, 15) is 25.2 Å². The van der Waals surface area contributed by atoms with E-state index < -0.39 is 42.9 Å². The molecule has 206 valence electrons. The van der Waals surface area contributed by atoms with Crippen molar-refractivity contribution in [1.82, 2.24) is 0 Å². The average Bonchev–Trinajstić information content (AvgIpc) is 2.89. The average molecular weight is 531 g/mol. The van der Waals surface area contributed by atoms with Crippen LogP contribution in [0.25, 0.3) is 6.08 Å². The quantitative estimate of drug-likeness (QED) is 0.296. The minimum absolute atomic E-state index is 0.0344. The van der Waals surface area contributed by atoms with E-state index >= 15 is 0 Å². The van der Waals surface area contributed by atoms with Gasteiger partial charge < -0.3 is 44.1 Å². The maximum absolute atomic E-state index is 13.3. The van der Waals surface area contributed by atoms with Gasteiger partial charge in [-0.3, -0.25) is 4.79 Å². The molecule has 0 bridgehead atoms. The molecule has 10 heteroatoms. The molecule has 0 spiro atoms. The summed E-state index contributed by atoms with van der Waals surface area (Å²) >= 11 is 0. The summed E-state index contributed by atoms with van der Waals surface area (Å²) in [6.07, 6.45) is -1.31. The molecule has 38 heavy (non-hydrogen) atoms. The van der Waals surface area contributed by atoms with Crippen LogP contribution in [-0.4, -0.2) is 83.3 Å². The summed E-state index contributed by atoms with van der Waals surface area (Å²) in [5.74, 6) is 0.624. The van der Waals surface area contributed by atoms with Crippen molar-refractivity contribution >= 4 is 11.9 Å². The highest BCUT2D eigenvalue weighted by Crippen LogP contribution is 2.45. The maximum atomic E-state index is 13.3. The molecule has 0 saturated carbocycles. The van der Waals surface area contributed by atoms with Crippen LogP contribution in [0.2, 0.25) is 0 Å². The van der Waals surface area contributed by atoms with E-state index in [1.165, 1.54) is 26.4 Å². The molecule has 2 heterocycles. The molecule has 0 aromatic heterocycles. The number of phenols is 1. The largest absolute Gasteiger partial charge is 0.507 e. The van der Waals surface area contributed by atoms with Gasteiger partial charge in [0.1, 0.15) is 58.6 Å². The number of hydrogen-bond acceptors (Lipinski definition) is 10. The van der Waals surface area contributed by atoms with Crippen LogP contribution < -0.4 is 14.2 Å². The van der Waals surface area contributed by atoms with Gasteiger partial charge >= 0.3 is 0 Å². The zero-order chi connectivity index (χ0) is 27.6. The Bertz CT molecular complexity index is 1170. The number of ketones is 1. The highest BCUT2D eigenvalue weighted by atomic mass is 16.7. The first-order chi connectivity index (χ1) is 18.1. The number of rotatable bonds is 8. The Kier molecular flexibility index (Phi) is 8.29. The Morgan fingerprint density at radius 2 is 1.87 bits per heavy atom. The van der Waals surface area contributed by atoms with E-state index in [4.69, 9.17) is 23.7 Å². The highest BCUT2D eigenvalue weighted by Gasteiger charge is 2.46. The van der Waals surface area contributed by atoms with E-state index in [2.05, 4.69) is 0 Å². The SMILES string of the molecule is COc1cc(O)c2c(c1C(=O)/C=C/c1ccc(OC3O[C@H](CO)[C@@H](O)[C@H](OC)[C@H]3O)cc1)OC(C)(C)CC2. The molecule has 5 atom stereocenters. The van der Waals surface area contributed by atoms with Gasteiger partial charge in [0, 0.05) is 18.7 Å². The van der Waals surface area contributed by atoms with Gasteiger partial charge in [-0.05, 0) is 50.5 Å². The van der Waals surface area contributed by atoms with E-state index in [1.807, 2.05) is 13.8 Å². The molecule has 1 fully saturated rings. The molecule has 0 aliphatic carbocycles. The molecule has 10 nitrogen and oxygen atoms in total. The van der Waals surface area contributed by atoms with Gasteiger partial charge in [0.05, 0.1) is 13.7 Å². The van der Waals surface area contributed by atoms with E-state index in [0.717, 1.165) is 0 Å².